The topological polar surface area (TPSA) is 109 Å². The van der Waals surface area contributed by atoms with Gasteiger partial charge in [0.25, 0.3) is 0 Å². The molecule has 0 aliphatic carbocycles. The Balaban J connectivity index is 1.31. The molecule has 3 heterocycles. The molecule has 2 aromatic carbocycles. The van der Waals surface area contributed by atoms with Crippen LogP contribution in [0.3, 0.4) is 0 Å². The highest BCUT2D eigenvalue weighted by Gasteiger charge is 2.15. The molecule has 2 aromatic heterocycles. The lowest BCUT2D eigenvalue weighted by molar-refractivity contribution is 0.0322. The summed E-state index contributed by atoms with van der Waals surface area (Å²) in [5.74, 6) is 1.44. The van der Waals surface area contributed by atoms with Gasteiger partial charge in [-0.25, -0.2) is 18.4 Å². The van der Waals surface area contributed by atoms with Crippen LogP contribution < -0.4 is 10.1 Å². The number of imidazole rings is 1. The average molecular weight is 528 g/mol. The molecule has 5 rings (SSSR count). The van der Waals surface area contributed by atoms with Gasteiger partial charge in [0, 0.05) is 37.1 Å². The number of rotatable bonds is 8. The van der Waals surface area contributed by atoms with Crippen LogP contribution in [-0.2, 0) is 14.6 Å². The fraction of sp³-hybridized carbons (Fsp3) is 0.280. The molecular weight excluding hydrogens is 502 g/mol. The number of anilines is 2. The smallest absolute Gasteiger partial charge is 0.180 e. The lowest BCUT2D eigenvalue weighted by Crippen LogP contribution is -2.38. The molecule has 0 amide bonds. The molecule has 4 aromatic rings. The largest absolute Gasteiger partial charge is 0.492 e. The van der Waals surface area contributed by atoms with E-state index in [-0.39, 0.29) is 4.90 Å². The number of benzene rings is 2. The second-order valence-electron chi connectivity index (χ2n) is 8.51. The number of fused-ring (bicyclic) bond motifs is 1. The Hall–Kier alpha value is -3.18. The van der Waals surface area contributed by atoms with Crippen LogP contribution in [0.25, 0.3) is 22.6 Å². The number of aromatic nitrogens is 3. The standard InChI is InChI=1S/C25H26ClN5O4S/c1-36(32,33)20-8-4-18(5-9-20)28-22-21(26)16-27-25-23(22)29-24(30-25)17-2-6-19(7-3-17)35-15-12-31-10-13-34-14-11-31/h2-9,16H,10-15H2,1H3,(H2,27,28,29,30). The molecule has 0 saturated carbocycles. The fourth-order valence-corrected chi connectivity index (χ4v) is 4.77. The lowest BCUT2D eigenvalue weighted by atomic mass is 10.2. The van der Waals surface area contributed by atoms with Crippen molar-refractivity contribution in [1.82, 2.24) is 19.9 Å². The maximum Gasteiger partial charge on any atom is 0.180 e. The number of ether oxygens (including phenoxy) is 2. The number of halogens is 1. The zero-order valence-corrected chi connectivity index (χ0v) is 21.3. The van der Waals surface area contributed by atoms with E-state index in [9.17, 15) is 8.42 Å². The van der Waals surface area contributed by atoms with Crippen molar-refractivity contribution in [3.63, 3.8) is 0 Å². The molecule has 0 atom stereocenters. The Morgan fingerprint density at radius 3 is 2.53 bits per heavy atom. The van der Waals surface area contributed by atoms with Crippen LogP contribution in [0, 0.1) is 0 Å². The van der Waals surface area contributed by atoms with Gasteiger partial charge in [-0.05, 0) is 48.5 Å². The number of hydrogen-bond donors (Lipinski definition) is 2. The predicted molar refractivity (Wildman–Crippen MR) is 140 cm³/mol. The first-order valence-corrected chi connectivity index (χ1v) is 13.8. The fourth-order valence-electron chi connectivity index (χ4n) is 3.95. The van der Waals surface area contributed by atoms with E-state index in [1.807, 2.05) is 24.3 Å². The third kappa shape index (κ3) is 5.62. The molecule has 9 nitrogen and oxygen atoms in total. The van der Waals surface area contributed by atoms with Crippen LogP contribution in [0.2, 0.25) is 5.02 Å². The first kappa shape index (κ1) is 24.5. The van der Waals surface area contributed by atoms with Crippen molar-refractivity contribution < 1.29 is 17.9 Å². The molecule has 0 radical (unpaired) electrons. The molecule has 0 bridgehead atoms. The van der Waals surface area contributed by atoms with Gasteiger partial charge in [-0.1, -0.05) is 11.6 Å². The zero-order valence-electron chi connectivity index (χ0n) is 19.7. The van der Waals surface area contributed by atoms with E-state index in [2.05, 4.69) is 25.2 Å². The first-order chi connectivity index (χ1) is 17.4. The maximum absolute atomic E-state index is 11.7. The minimum Gasteiger partial charge on any atom is -0.492 e. The Labute approximate surface area is 214 Å². The van der Waals surface area contributed by atoms with E-state index < -0.39 is 9.84 Å². The van der Waals surface area contributed by atoms with Gasteiger partial charge in [-0.2, -0.15) is 0 Å². The number of aromatic amines is 1. The first-order valence-electron chi connectivity index (χ1n) is 11.5. The minimum atomic E-state index is -3.27. The van der Waals surface area contributed by atoms with E-state index >= 15 is 0 Å². The van der Waals surface area contributed by atoms with Crippen LogP contribution in [-0.4, -0.2) is 74.0 Å². The van der Waals surface area contributed by atoms with Gasteiger partial charge >= 0.3 is 0 Å². The van der Waals surface area contributed by atoms with E-state index in [0.29, 0.717) is 40.0 Å². The summed E-state index contributed by atoms with van der Waals surface area (Å²) in [5, 5.41) is 3.66. The molecule has 11 heteroatoms. The third-order valence-corrected chi connectivity index (χ3v) is 7.35. The molecule has 1 saturated heterocycles. The molecule has 1 aliphatic rings. The highest BCUT2D eigenvalue weighted by atomic mass is 35.5. The summed E-state index contributed by atoms with van der Waals surface area (Å²) in [6.45, 7) is 4.92. The predicted octanol–water partition coefficient (Wildman–Crippen LogP) is 4.14. The quantitative estimate of drug-likeness (QED) is 0.352. The van der Waals surface area contributed by atoms with Gasteiger partial charge in [0.05, 0.1) is 35.0 Å². The van der Waals surface area contributed by atoms with E-state index in [1.165, 1.54) is 12.5 Å². The number of sulfone groups is 1. The summed E-state index contributed by atoms with van der Waals surface area (Å²) < 4.78 is 34.7. The number of morpholine rings is 1. The van der Waals surface area contributed by atoms with E-state index in [0.717, 1.165) is 44.2 Å². The summed E-state index contributed by atoms with van der Waals surface area (Å²) >= 11 is 6.44. The van der Waals surface area contributed by atoms with Gasteiger partial charge in [-0.15, -0.1) is 0 Å². The summed E-state index contributed by atoms with van der Waals surface area (Å²) in [6.07, 6.45) is 2.71. The molecule has 188 valence electrons. The number of H-pyrrole nitrogens is 1. The second kappa shape index (κ2) is 10.4. The molecule has 2 N–H and O–H groups in total. The van der Waals surface area contributed by atoms with Gasteiger partial charge in [-0.3, -0.25) is 4.90 Å². The van der Waals surface area contributed by atoms with Crippen molar-refractivity contribution >= 4 is 44.0 Å². The van der Waals surface area contributed by atoms with Gasteiger partial charge in [0.2, 0.25) is 0 Å². The average Bonchev–Trinajstić information content (AvgIpc) is 3.31. The lowest BCUT2D eigenvalue weighted by Gasteiger charge is -2.26. The van der Waals surface area contributed by atoms with Crippen molar-refractivity contribution in [1.29, 1.82) is 0 Å². The van der Waals surface area contributed by atoms with Crippen molar-refractivity contribution in [3.8, 4) is 17.1 Å². The second-order valence-corrected chi connectivity index (χ2v) is 10.9. The number of pyridine rings is 1. The Morgan fingerprint density at radius 1 is 1.11 bits per heavy atom. The normalized spacial score (nSPS) is 14.7. The Morgan fingerprint density at radius 2 is 1.83 bits per heavy atom. The number of nitrogens with one attached hydrogen (secondary N) is 2. The summed E-state index contributed by atoms with van der Waals surface area (Å²) in [6, 6.07) is 14.2. The van der Waals surface area contributed by atoms with Gasteiger partial charge in [0.1, 0.15) is 23.7 Å². The zero-order chi connectivity index (χ0) is 25.1. The van der Waals surface area contributed by atoms with Crippen molar-refractivity contribution in [2.75, 3.05) is 51.0 Å². The number of nitrogens with zero attached hydrogens (tertiary/aromatic N) is 3. The Bertz CT molecular complexity index is 1450. The summed E-state index contributed by atoms with van der Waals surface area (Å²) in [4.78, 5) is 14.9. The van der Waals surface area contributed by atoms with Crippen LogP contribution >= 0.6 is 11.6 Å². The SMILES string of the molecule is CS(=O)(=O)c1ccc(Nc2c(Cl)cnc3nc(-c4ccc(OCCN5CCOCC5)cc4)[nH]c23)cc1. The van der Waals surface area contributed by atoms with E-state index in [1.54, 1.807) is 24.3 Å². The number of hydrogen-bond acceptors (Lipinski definition) is 8. The monoisotopic (exact) mass is 527 g/mol. The highest BCUT2D eigenvalue weighted by molar-refractivity contribution is 7.90. The summed E-state index contributed by atoms with van der Waals surface area (Å²) in [5.41, 5.74) is 3.33. The minimum absolute atomic E-state index is 0.247. The van der Waals surface area contributed by atoms with Gasteiger partial charge < -0.3 is 19.8 Å². The van der Waals surface area contributed by atoms with Crippen molar-refractivity contribution in [2.45, 2.75) is 4.90 Å². The Kier molecular flexibility index (Phi) is 7.10. The molecular formula is C25H26ClN5O4S. The maximum atomic E-state index is 11.7. The van der Waals surface area contributed by atoms with Crippen LogP contribution in [0.15, 0.2) is 59.6 Å². The summed E-state index contributed by atoms with van der Waals surface area (Å²) in [7, 11) is -3.27. The third-order valence-electron chi connectivity index (χ3n) is 5.93. The molecule has 36 heavy (non-hydrogen) atoms. The van der Waals surface area contributed by atoms with Crippen molar-refractivity contribution in [2.24, 2.45) is 0 Å². The van der Waals surface area contributed by atoms with Crippen LogP contribution in [0.5, 0.6) is 5.75 Å². The van der Waals surface area contributed by atoms with Crippen LogP contribution in [0.1, 0.15) is 0 Å². The van der Waals surface area contributed by atoms with Crippen LogP contribution in [0.4, 0.5) is 11.4 Å². The van der Waals surface area contributed by atoms with Crippen molar-refractivity contribution in [3.05, 3.63) is 59.8 Å². The van der Waals surface area contributed by atoms with Gasteiger partial charge in [0.15, 0.2) is 15.5 Å². The molecule has 1 aliphatic heterocycles. The molecule has 0 unspecified atom stereocenters. The molecule has 1 fully saturated rings. The van der Waals surface area contributed by atoms with E-state index in [4.69, 9.17) is 21.1 Å². The highest BCUT2D eigenvalue weighted by Crippen LogP contribution is 2.33. The molecule has 0 spiro atoms.